The number of hydrogen-bond donors (Lipinski definition) is 3. The zero-order valence-corrected chi connectivity index (χ0v) is 16.4. The summed E-state index contributed by atoms with van der Waals surface area (Å²) < 4.78 is 22.9. The fourth-order valence-corrected chi connectivity index (χ4v) is 4.04. The van der Waals surface area contributed by atoms with Crippen LogP contribution in [0.1, 0.15) is 22.6 Å². The van der Waals surface area contributed by atoms with Crippen molar-refractivity contribution in [1.82, 2.24) is 4.90 Å². The molecule has 142 valence electrons. The van der Waals surface area contributed by atoms with Gasteiger partial charge in [-0.1, -0.05) is 23.7 Å². The summed E-state index contributed by atoms with van der Waals surface area (Å²) in [6.07, 6.45) is 0.643. The number of rotatable bonds is 2. The fraction of sp³-hybridized carbons (Fsp3) is 0.294. The number of benzene rings is 2. The Hall–Kier alpha value is -1.51. The molecule has 1 heterocycles. The monoisotopic (exact) mass is 418 g/mol. The fourth-order valence-electron chi connectivity index (χ4n) is 3.23. The molecule has 0 saturated heterocycles. The molecule has 26 heavy (non-hydrogen) atoms. The van der Waals surface area contributed by atoms with Crippen LogP contribution in [0.25, 0.3) is 0 Å². The molecule has 0 fully saturated rings. The molecule has 4 N–H and O–H groups in total. The van der Waals surface area contributed by atoms with Gasteiger partial charge in [-0.15, -0.1) is 12.4 Å². The van der Waals surface area contributed by atoms with Gasteiger partial charge in [0.25, 0.3) is 0 Å². The molecule has 0 spiro atoms. The summed E-state index contributed by atoms with van der Waals surface area (Å²) in [6, 6.07) is 7.90. The van der Waals surface area contributed by atoms with Crippen LogP contribution in [-0.4, -0.2) is 43.7 Å². The number of nitrogens with zero attached hydrogens (tertiary/aromatic N) is 1. The van der Waals surface area contributed by atoms with Crippen LogP contribution in [0, 0.1) is 0 Å². The molecule has 3 rings (SSSR count). The molecule has 1 aliphatic rings. The topological polar surface area (TPSA) is 104 Å². The molecule has 6 nitrogen and oxygen atoms in total. The first-order valence-corrected chi connectivity index (χ1v) is 9.65. The molecule has 2 aromatic rings. The van der Waals surface area contributed by atoms with Crippen LogP contribution in [-0.2, 0) is 16.4 Å². The average molecular weight is 419 g/mol. The van der Waals surface area contributed by atoms with E-state index in [1.165, 1.54) is 18.2 Å². The standard InChI is InChI=1S/C17H19ClN2O4S.ClH/c1-20-7-6-12-13(8-15(21)17(22)16(12)18)14(9-20)10-2-4-11(5-3-10)25(19,23)24;/h2-5,8,14,21-22H,6-7,9H2,1H3,(H2,19,23,24);1H. The van der Waals surface area contributed by atoms with Crippen LogP contribution < -0.4 is 5.14 Å². The van der Waals surface area contributed by atoms with Gasteiger partial charge in [0.1, 0.15) is 0 Å². The lowest BCUT2D eigenvalue weighted by atomic mass is 9.87. The molecule has 0 saturated carbocycles. The minimum Gasteiger partial charge on any atom is -0.504 e. The maximum atomic E-state index is 11.4. The van der Waals surface area contributed by atoms with Gasteiger partial charge in [0.2, 0.25) is 10.0 Å². The number of halogens is 2. The molecule has 0 aliphatic carbocycles. The quantitative estimate of drug-likeness (QED) is 0.649. The Morgan fingerprint density at radius 2 is 1.85 bits per heavy atom. The number of sulfonamides is 1. The predicted octanol–water partition coefficient (Wildman–Crippen LogP) is 2.44. The molecule has 0 bridgehead atoms. The third-order valence-corrected chi connectivity index (χ3v) is 5.92. The van der Waals surface area contributed by atoms with Crippen molar-refractivity contribution in [3.05, 3.63) is 52.0 Å². The van der Waals surface area contributed by atoms with Crippen molar-refractivity contribution >= 4 is 34.0 Å². The molecule has 0 aromatic heterocycles. The molecular weight excluding hydrogens is 399 g/mol. The van der Waals surface area contributed by atoms with Crippen LogP contribution in [0.3, 0.4) is 0 Å². The molecule has 1 aliphatic heterocycles. The van der Waals surface area contributed by atoms with E-state index in [1.807, 2.05) is 7.05 Å². The third kappa shape index (κ3) is 3.92. The van der Waals surface area contributed by atoms with Crippen molar-refractivity contribution in [3.63, 3.8) is 0 Å². The number of hydrogen-bond acceptors (Lipinski definition) is 5. The Kier molecular flexibility index (Phi) is 6.09. The Morgan fingerprint density at radius 1 is 1.23 bits per heavy atom. The molecule has 9 heteroatoms. The SMILES string of the molecule is CN1CCc2c(cc(O)c(O)c2Cl)C(c2ccc(S(N)(=O)=O)cc2)C1.Cl. The highest BCUT2D eigenvalue weighted by Gasteiger charge is 2.27. The summed E-state index contributed by atoms with van der Waals surface area (Å²) >= 11 is 6.25. The summed E-state index contributed by atoms with van der Waals surface area (Å²) in [5.74, 6) is -0.700. The summed E-state index contributed by atoms with van der Waals surface area (Å²) in [7, 11) is -1.78. The number of phenolic OH excluding ortho intramolecular Hbond substituents is 2. The lowest BCUT2D eigenvalue weighted by Crippen LogP contribution is -2.24. The molecule has 0 radical (unpaired) electrons. The van der Waals surface area contributed by atoms with Gasteiger partial charge in [-0.05, 0) is 48.4 Å². The average Bonchev–Trinajstić information content (AvgIpc) is 2.71. The number of primary sulfonamides is 1. The van der Waals surface area contributed by atoms with Gasteiger partial charge < -0.3 is 15.1 Å². The number of nitrogens with two attached hydrogens (primary N) is 1. The van der Waals surface area contributed by atoms with Crippen molar-refractivity contribution in [3.8, 4) is 11.5 Å². The highest BCUT2D eigenvalue weighted by Crippen LogP contribution is 2.43. The lowest BCUT2D eigenvalue weighted by molar-refractivity contribution is 0.338. The lowest BCUT2D eigenvalue weighted by Gasteiger charge is -2.22. The van der Waals surface area contributed by atoms with E-state index in [0.717, 1.165) is 23.2 Å². The van der Waals surface area contributed by atoms with Crippen molar-refractivity contribution in [2.75, 3.05) is 20.1 Å². The second kappa shape index (κ2) is 7.62. The maximum Gasteiger partial charge on any atom is 0.238 e. The zero-order valence-electron chi connectivity index (χ0n) is 14.0. The smallest absolute Gasteiger partial charge is 0.238 e. The van der Waals surface area contributed by atoms with Crippen LogP contribution >= 0.6 is 24.0 Å². The number of fused-ring (bicyclic) bond motifs is 1. The van der Waals surface area contributed by atoms with Crippen molar-refractivity contribution in [2.24, 2.45) is 5.14 Å². The van der Waals surface area contributed by atoms with Crippen molar-refractivity contribution in [2.45, 2.75) is 17.2 Å². The first-order chi connectivity index (χ1) is 11.7. The Balaban J connectivity index is 0.00000243. The summed E-state index contributed by atoms with van der Waals surface area (Å²) in [4.78, 5) is 2.17. The minimum atomic E-state index is -3.75. The van der Waals surface area contributed by atoms with Gasteiger partial charge >= 0.3 is 0 Å². The molecule has 1 atom stereocenters. The summed E-state index contributed by atoms with van der Waals surface area (Å²) in [5, 5.41) is 25.2. The van der Waals surface area contributed by atoms with Crippen LogP contribution in [0.15, 0.2) is 35.2 Å². The first-order valence-electron chi connectivity index (χ1n) is 7.73. The number of aromatic hydroxyl groups is 2. The second-order valence-electron chi connectivity index (χ2n) is 6.30. The highest BCUT2D eigenvalue weighted by atomic mass is 35.5. The number of likely N-dealkylation sites (N-methyl/N-ethyl adjacent to an activating group) is 1. The van der Waals surface area contributed by atoms with E-state index in [-0.39, 0.29) is 39.7 Å². The van der Waals surface area contributed by atoms with E-state index in [0.29, 0.717) is 13.0 Å². The van der Waals surface area contributed by atoms with Crippen LogP contribution in [0.2, 0.25) is 5.02 Å². The second-order valence-corrected chi connectivity index (χ2v) is 8.24. The van der Waals surface area contributed by atoms with E-state index >= 15 is 0 Å². The highest BCUT2D eigenvalue weighted by molar-refractivity contribution is 7.89. The summed E-state index contributed by atoms with van der Waals surface area (Å²) in [6.45, 7) is 1.42. The van der Waals surface area contributed by atoms with Crippen LogP contribution in [0.4, 0.5) is 0 Å². The summed E-state index contributed by atoms with van der Waals surface area (Å²) in [5.41, 5.74) is 2.50. The van der Waals surface area contributed by atoms with E-state index in [1.54, 1.807) is 12.1 Å². The molecule has 1 unspecified atom stereocenters. The van der Waals surface area contributed by atoms with Crippen molar-refractivity contribution < 1.29 is 18.6 Å². The Bertz CT molecular complexity index is 917. The van der Waals surface area contributed by atoms with Gasteiger partial charge in [0.15, 0.2) is 11.5 Å². The maximum absolute atomic E-state index is 11.4. The first kappa shape index (κ1) is 20.8. The Labute approximate surface area is 163 Å². The van der Waals surface area contributed by atoms with Crippen molar-refractivity contribution in [1.29, 1.82) is 0 Å². The van der Waals surface area contributed by atoms with E-state index < -0.39 is 10.0 Å². The molecule has 0 amide bonds. The minimum absolute atomic E-state index is 0. The van der Waals surface area contributed by atoms with E-state index in [4.69, 9.17) is 16.7 Å². The van der Waals surface area contributed by atoms with Gasteiger partial charge in [-0.25, -0.2) is 13.6 Å². The number of phenols is 2. The van der Waals surface area contributed by atoms with Gasteiger partial charge in [0.05, 0.1) is 9.92 Å². The van der Waals surface area contributed by atoms with Crippen LogP contribution in [0.5, 0.6) is 11.5 Å². The van der Waals surface area contributed by atoms with Gasteiger partial charge in [-0.3, -0.25) is 0 Å². The zero-order chi connectivity index (χ0) is 18.4. The Morgan fingerprint density at radius 3 is 2.42 bits per heavy atom. The predicted molar refractivity (Wildman–Crippen MR) is 103 cm³/mol. The molecule has 2 aromatic carbocycles. The van der Waals surface area contributed by atoms with Gasteiger partial charge in [-0.2, -0.15) is 0 Å². The van der Waals surface area contributed by atoms with E-state index in [2.05, 4.69) is 4.90 Å². The third-order valence-electron chi connectivity index (χ3n) is 4.58. The molecular formula is C17H20Cl2N2O4S. The normalized spacial score (nSPS) is 17.9. The largest absolute Gasteiger partial charge is 0.504 e. The van der Waals surface area contributed by atoms with Gasteiger partial charge in [0, 0.05) is 19.0 Å². The van der Waals surface area contributed by atoms with E-state index in [9.17, 15) is 18.6 Å².